The maximum absolute atomic E-state index is 4.23. The molecule has 0 aliphatic rings. The molecule has 0 aliphatic carbocycles. The summed E-state index contributed by atoms with van der Waals surface area (Å²) in [5.41, 5.74) is 2.29. The molecule has 0 radical (unpaired) electrons. The van der Waals surface area contributed by atoms with Gasteiger partial charge in [0, 0.05) is 18.9 Å². The van der Waals surface area contributed by atoms with Crippen molar-refractivity contribution >= 4 is 11.5 Å². The van der Waals surface area contributed by atoms with Crippen LogP contribution in [0.4, 0.5) is 5.82 Å². The Hall–Kier alpha value is -1.77. The van der Waals surface area contributed by atoms with Crippen LogP contribution in [0.1, 0.15) is 13.8 Å². The van der Waals surface area contributed by atoms with Gasteiger partial charge in [0.05, 0.1) is 0 Å². The summed E-state index contributed by atoms with van der Waals surface area (Å²) >= 11 is 0. The standard InChI is InChI=1S/C12H15N3/c1-10(2)6-7-13-11-4-3-5-12-14-8-9-15(11)12/h3-6,8-9,13H,7H2,1-2H3. The monoisotopic (exact) mass is 201 g/mol. The molecule has 0 amide bonds. The number of rotatable bonds is 3. The molecule has 3 heteroatoms. The minimum absolute atomic E-state index is 0.847. The molecule has 0 unspecified atom stereocenters. The molecule has 2 aromatic rings. The molecule has 15 heavy (non-hydrogen) atoms. The third-order valence-electron chi connectivity index (χ3n) is 2.22. The molecule has 0 atom stereocenters. The Kier molecular flexibility index (Phi) is 2.72. The summed E-state index contributed by atoms with van der Waals surface area (Å²) in [6.45, 7) is 5.04. The third kappa shape index (κ3) is 2.18. The van der Waals surface area contributed by atoms with Crippen molar-refractivity contribution in [3.63, 3.8) is 0 Å². The van der Waals surface area contributed by atoms with Gasteiger partial charge in [-0.05, 0) is 26.0 Å². The number of allylic oxidation sites excluding steroid dienone is 1. The second kappa shape index (κ2) is 4.17. The SMILES string of the molecule is CC(C)=CCNc1cccc2nccn12. The van der Waals surface area contributed by atoms with Gasteiger partial charge in [-0.2, -0.15) is 0 Å². The van der Waals surface area contributed by atoms with E-state index in [9.17, 15) is 0 Å². The number of nitrogens with one attached hydrogen (secondary N) is 1. The highest BCUT2D eigenvalue weighted by Gasteiger charge is 1.97. The van der Waals surface area contributed by atoms with Crippen molar-refractivity contribution in [1.29, 1.82) is 0 Å². The van der Waals surface area contributed by atoms with Crippen LogP contribution in [0.25, 0.3) is 5.65 Å². The highest BCUT2D eigenvalue weighted by molar-refractivity contribution is 5.50. The molecule has 0 saturated carbocycles. The summed E-state index contributed by atoms with van der Waals surface area (Å²) in [6, 6.07) is 6.05. The van der Waals surface area contributed by atoms with Gasteiger partial charge >= 0.3 is 0 Å². The fraction of sp³-hybridized carbons (Fsp3) is 0.250. The number of anilines is 1. The van der Waals surface area contributed by atoms with Crippen LogP contribution in [0.3, 0.4) is 0 Å². The number of imidazole rings is 1. The van der Waals surface area contributed by atoms with E-state index in [0.717, 1.165) is 18.0 Å². The molecule has 2 rings (SSSR count). The van der Waals surface area contributed by atoms with Crippen LogP contribution < -0.4 is 5.32 Å². The first-order valence-electron chi connectivity index (χ1n) is 5.07. The first-order valence-corrected chi connectivity index (χ1v) is 5.07. The molecule has 78 valence electrons. The number of pyridine rings is 1. The lowest BCUT2D eigenvalue weighted by molar-refractivity contribution is 1.13. The topological polar surface area (TPSA) is 29.3 Å². The summed E-state index contributed by atoms with van der Waals surface area (Å²) in [7, 11) is 0. The molecule has 0 spiro atoms. The molecule has 0 aliphatic heterocycles. The van der Waals surface area contributed by atoms with Crippen LogP contribution in [0.5, 0.6) is 0 Å². The van der Waals surface area contributed by atoms with Gasteiger partial charge < -0.3 is 5.32 Å². The average molecular weight is 201 g/mol. The fourth-order valence-electron chi connectivity index (χ4n) is 1.45. The van der Waals surface area contributed by atoms with E-state index in [4.69, 9.17) is 0 Å². The van der Waals surface area contributed by atoms with Crippen molar-refractivity contribution in [2.75, 3.05) is 11.9 Å². The fourth-order valence-corrected chi connectivity index (χ4v) is 1.45. The first kappa shape index (κ1) is 9.77. The third-order valence-corrected chi connectivity index (χ3v) is 2.22. The molecule has 3 nitrogen and oxygen atoms in total. The van der Waals surface area contributed by atoms with Gasteiger partial charge in [0.25, 0.3) is 0 Å². The molecule has 2 heterocycles. The quantitative estimate of drug-likeness (QED) is 0.774. The number of aromatic nitrogens is 2. The summed E-state index contributed by atoms with van der Waals surface area (Å²) < 4.78 is 2.04. The first-order chi connectivity index (χ1) is 7.27. The van der Waals surface area contributed by atoms with Gasteiger partial charge in [-0.15, -0.1) is 0 Å². The lowest BCUT2D eigenvalue weighted by atomic mass is 10.3. The van der Waals surface area contributed by atoms with Gasteiger partial charge in [-0.1, -0.05) is 17.7 Å². The summed E-state index contributed by atoms with van der Waals surface area (Å²) in [5.74, 6) is 1.07. The van der Waals surface area contributed by atoms with Crippen LogP contribution >= 0.6 is 0 Å². The van der Waals surface area contributed by atoms with Crippen LogP contribution in [-0.2, 0) is 0 Å². The Morgan fingerprint density at radius 2 is 2.33 bits per heavy atom. The molecule has 0 fully saturated rings. The second-order valence-electron chi connectivity index (χ2n) is 3.73. The maximum atomic E-state index is 4.23. The zero-order chi connectivity index (χ0) is 10.7. The van der Waals surface area contributed by atoms with E-state index < -0.39 is 0 Å². The van der Waals surface area contributed by atoms with Crippen molar-refractivity contribution < 1.29 is 0 Å². The molecule has 0 bridgehead atoms. The number of nitrogens with zero attached hydrogens (tertiary/aromatic N) is 2. The van der Waals surface area contributed by atoms with E-state index in [2.05, 4.69) is 30.2 Å². The Morgan fingerprint density at radius 3 is 3.13 bits per heavy atom. The summed E-state index contributed by atoms with van der Waals surface area (Å²) in [5, 5.41) is 3.35. The number of fused-ring (bicyclic) bond motifs is 1. The highest BCUT2D eigenvalue weighted by atomic mass is 15.1. The van der Waals surface area contributed by atoms with Crippen molar-refractivity contribution in [1.82, 2.24) is 9.38 Å². The van der Waals surface area contributed by atoms with Gasteiger partial charge in [0.1, 0.15) is 11.5 Å². The second-order valence-corrected chi connectivity index (χ2v) is 3.73. The van der Waals surface area contributed by atoms with Crippen LogP contribution in [-0.4, -0.2) is 15.9 Å². The summed E-state index contributed by atoms with van der Waals surface area (Å²) in [4.78, 5) is 4.23. The molecule has 1 N–H and O–H groups in total. The van der Waals surface area contributed by atoms with Crippen molar-refractivity contribution in [2.45, 2.75) is 13.8 Å². The predicted octanol–water partition coefficient (Wildman–Crippen LogP) is 2.71. The van der Waals surface area contributed by atoms with E-state index >= 15 is 0 Å². The average Bonchev–Trinajstić information content (AvgIpc) is 2.65. The van der Waals surface area contributed by atoms with Gasteiger partial charge in [0.2, 0.25) is 0 Å². The maximum Gasteiger partial charge on any atom is 0.138 e. The molecule has 2 aromatic heterocycles. The van der Waals surface area contributed by atoms with E-state index in [1.54, 1.807) is 6.20 Å². The highest BCUT2D eigenvalue weighted by Crippen LogP contribution is 2.10. The van der Waals surface area contributed by atoms with Gasteiger partial charge in [-0.3, -0.25) is 4.40 Å². The zero-order valence-corrected chi connectivity index (χ0v) is 9.07. The lowest BCUT2D eigenvalue weighted by Crippen LogP contribution is -2.03. The Balaban J connectivity index is 2.20. The van der Waals surface area contributed by atoms with Gasteiger partial charge in [-0.25, -0.2) is 4.98 Å². The van der Waals surface area contributed by atoms with E-state index in [0.29, 0.717) is 0 Å². The van der Waals surface area contributed by atoms with Crippen LogP contribution in [0.15, 0.2) is 42.2 Å². The minimum Gasteiger partial charge on any atom is -0.368 e. The van der Waals surface area contributed by atoms with Gasteiger partial charge in [0.15, 0.2) is 0 Å². The van der Waals surface area contributed by atoms with E-state index in [1.807, 2.05) is 28.8 Å². The largest absolute Gasteiger partial charge is 0.368 e. The Morgan fingerprint density at radius 1 is 1.47 bits per heavy atom. The Bertz CT molecular complexity index is 478. The van der Waals surface area contributed by atoms with Crippen molar-refractivity contribution in [2.24, 2.45) is 0 Å². The molecule has 0 saturated heterocycles. The van der Waals surface area contributed by atoms with E-state index in [-0.39, 0.29) is 0 Å². The normalized spacial score (nSPS) is 10.3. The Labute approximate surface area is 89.5 Å². The smallest absolute Gasteiger partial charge is 0.138 e. The molecular weight excluding hydrogens is 186 g/mol. The molecular formula is C12H15N3. The lowest BCUT2D eigenvalue weighted by Gasteiger charge is -2.06. The van der Waals surface area contributed by atoms with Crippen LogP contribution in [0, 0.1) is 0 Å². The number of hydrogen-bond donors (Lipinski definition) is 1. The minimum atomic E-state index is 0.847. The zero-order valence-electron chi connectivity index (χ0n) is 9.07. The predicted molar refractivity (Wildman–Crippen MR) is 63.1 cm³/mol. The summed E-state index contributed by atoms with van der Waals surface area (Å²) in [6.07, 6.45) is 5.93. The van der Waals surface area contributed by atoms with E-state index in [1.165, 1.54) is 5.57 Å². The molecule has 0 aromatic carbocycles. The van der Waals surface area contributed by atoms with Crippen LogP contribution in [0.2, 0.25) is 0 Å². The van der Waals surface area contributed by atoms with Crippen molar-refractivity contribution in [3.05, 3.63) is 42.2 Å². The van der Waals surface area contributed by atoms with Crippen molar-refractivity contribution in [3.8, 4) is 0 Å². The number of hydrogen-bond acceptors (Lipinski definition) is 2.